The van der Waals surface area contributed by atoms with Crippen LogP contribution >= 0.6 is 15.9 Å². The molecular weight excluding hydrogens is 337 g/mol. The molecule has 0 radical (unpaired) electrons. The molecule has 2 aromatic rings. The zero-order valence-corrected chi connectivity index (χ0v) is 13.1. The molecule has 0 aromatic heterocycles. The summed E-state index contributed by atoms with van der Waals surface area (Å²) in [6.45, 7) is 0.573. The first-order valence-electron chi connectivity index (χ1n) is 6.42. The molecule has 0 N–H and O–H groups in total. The van der Waals surface area contributed by atoms with E-state index in [9.17, 15) is 9.18 Å². The number of amides is 1. The van der Waals surface area contributed by atoms with Gasteiger partial charge in [-0.1, -0.05) is 52.3 Å². The van der Waals surface area contributed by atoms with Crippen molar-refractivity contribution >= 4 is 22.0 Å². The van der Waals surface area contributed by atoms with Gasteiger partial charge in [-0.2, -0.15) is 0 Å². The van der Waals surface area contributed by atoms with Gasteiger partial charge in [0.2, 0.25) is 0 Å². The molecule has 3 nitrogen and oxygen atoms in total. The second-order valence-electron chi connectivity index (χ2n) is 4.63. The predicted molar refractivity (Wildman–Crippen MR) is 82.2 cm³/mol. The highest BCUT2D eigenvalue weighted by molar-refractivity contribution is 9.10. The van der Waals surface area contributed by atoms with Crippen LogP contribution in [0.2, 0.25) is 0 Å². The second kappa shape index (κ2) is 7.22. The van der Waals surface area contributed by atoms with Gasteiger partial charge in [-0.05, 0) is 23.3 Å². The molecule has 0 aliphatic heterocycles. The monoisotopic (exact) mass is 351 g/mol. The molecule has 21 heavy (non-hydrogen) atoms. The molecule has 0 heterocycles. The number of benzene rings is 2. The zero-order chi connectivity index (χ0) is 15.2. The molecule has 0 spiro atoms. The van der Waals surface area contributed by atoms with E-state index >= 15 is 0 Å². The number of halogens is 2. The van der Waals surface area contributed by atoms with E-state index in [2.05, 4.69) is 15.9 Å². The Morgan fingerprint density at radius 1 is 1.24 bits per heavy atom. The van der Waals surface area contributed by atoms with Crippen molar-refractivity contribution in [2.75, 3.05) is 7.05 Å². The van der Waals surface area contributed by atoms with Crippen molar-refractivity contribution in [1.82, 2.24) is 4.90 Å². The molecule has 110 valence electrons. The standard InChI is InChI=1S/C16H15BrFNO2/c1-19(10-13-7-8-14(18)9-15(13)17)16(20)21-11-12-5-3-2-4-6-12/h2-9H,10-11H2,1H3. The van der Waals surface area contributed by atoms with Crippen molar-refractivity contribution < 1.29 is 13.9 Å². The third-order valence-corrected chi connectivity index (χ3v) is 3.68. The van der Waals surface area contributed by atoms with Gasteiger partial charge in [0, 0.05) is 18.1 Å². The third-order valence-electron chi connectivity index (χ3n) is 2.94. The minimum atomic E-state index is -0.421. The molecule has 2 aromatic carbocycles. The number of rotatable bonds is 4. The van der Waals surface area contributed by atoms with Crippen molar-refractivity contribution in [3.63, 3.8) is 0 Å². The van der Waals surface area contributed by atoms with Gasteiger partial charge in [0.15, 0.2) is 0 Å². The van der Waals surface area contributed by atoms with E-state index in [0.29, 0.717) is 11.0 Å². The fourth-order valence-electron chi connectivity index (χ4n) is 1.80. The number of carbonyl (C=O) groups excluding carboxylic acids is 1. The first kappa shape index (κ1) is 15.5. The Morgan fingerprint density at radius 2 is 1.95 bits per heavy atom. The molecule has 0 fully saturated rings. The number of nitrogens with zero attached hydrogens (tertiary/aromatic N) is 1. The van der Waals surface area contributed by atoms with Gasteiger partial charge >= 0.3 is 6.09 Å². The van der Waals surface area contributed by atoms with Gasteiger partial charge in [0.1, 0.15) is 12.4 Å². The minimum Gasteiger partial charge on any atom is -0.445 e. The number of carbonyl (C=O) groups is 1. The van der Waals surface area contributed by atoms with Crippen molar-refractivity contribution in [3.05, 3.63) is 69.9 Å². The van der Waals surface area contributed by atoms with Gasteiger partial charge in [0.05, 0.1) is 0 Å². The van der Waals surface area contributed by atoms with Gasteiger partial charge in [0.25, 0.3) is 0 Å². The lowest BCUT2D eigenvalue weighted by molar-refractivity contribution is 0.103. The molecule has 5 heteroatoms. The second-order valence-corrected chi connectivity index (χ2v) is 5.49. The summed E-state index contributed by atoms with van der Waals surface area (Å²) in [5.74, 6) is -0.320. The third kappa shape index (κ3) is 4.56. The molecule has 0 atom stereocenters. The van der Waals surface area contributed by atoms with E-state index in [1.165, 1.54) is 17.0 Å². The average molecular weight is 352 g/mol. The van der Waals surface area contributed by atoms with Crippen LogP contribution in [0.3, 0.4) is 0 Å². The topological polar surface area (TPSA) is 29.5 Å². The molecule has 0 aliphatic rings. The summed E-state index contributed by atoms with van der Waals surface area (Å²) in [6.07, 6.45) is -0.421. The smallest absolute Gasteiger partial charge is 0.410 e. The number of hydrogen-bond acceptors (Lipinski definition) is 2. The molecule has 0 aliphatic carbocycles. The Kier molecular flexibility index (Phi) is 5.33. The van der Waals surface area contributed by atoms with E-state index in [1.807, 2.05) is 30.3 Å². The van der Waals surface area contributed by atoms with Crippen molar-refractivity contribution in [1.29, 1.82) is 0 Å². The van der Waals surface area contributed by atoms with Gasteiger partial charge in [-0.15, -0.1) is 0 Å². The van der Waals surface area contributed by atoms with Crippen LogP contribution in [-0.2, 0) is 17.9 Å². The molecule has 0 saturated heterocycles. The van der Waals surface area contributed by atoms with E-state index in [0.717, 1.165) is 11.1 Å². The average Bonchev–Trinajstić information content (AvgIpc) is 2.48. The molecular formula is C16H15BrFNO2. The molecule has 0 saturated carbocycles. The summed E-state index contributed by atoms with van der Waals surface area (Å²) >= 11 is 3.28. The van der Waals surface area contributed by atoms with E-state index in [-0.39, 0.29) is 12.4 Å². The van der Waals surface area contributed by atoms with Crippen molar-refractivity contribution in [2.45, 2.75) is 13.2 Å². The number of ether oxygens (including phenoxy) is 1. The first-order valence-corrected chi connectivity index (χ1v) is 7.21. The maximum Gasteiger partial charge on any atom is 0.410 e. The van der Waals surface area contributed by atoms with E-state index < -0.39 is 6.09 Å². The van der Waals surface area contributed by atoms with Crippen LogP contribution in [0.5, 0.6) is 0 Å². The van der Waals surface area contributed by atoms with Crippen LogP contribution in [0.15, 0.2) is 53.0 Å². The highest BCUT2D eigenvalue weighted by Crippen LogP contribution is 2.19. The van der Waals surface area contributed by atoms with Crippen molar-refractivity contribution in [3.8, 4) is 0 Å². The quantitative estimate of drug-likeness (QED) is 0.819. The van der Waals surface area contributed by atoms with E-state index in [1.54, 1.807) is 13.1 Å². The summed E-state index contributed by atoms with van der Waals surface area (Å²) in [7, 11) is 1.64. The maximum atomic E-state index is 13.0. The Labute approximate surface area is 131 Å². The summed E-state index contributed by atoms with van der Waals surface area (Å²) in [6, 6.07) is 13.9. The van der Waals surface area contributed by atoms with Crippen molar-refractivity contribution in [2.24, 2.45) is 0 Å². The fourth-order valence-corrected chi connectivity index (χ4v) is 2.28. The van der Waals surface area contributed by atoms with Crippen LogP contribution in [0, 0.1) is 5.82 Å². The lowest BCUT2D eigenvalue weighted by atomic mass is 10.2. The highest BCUT2D eigenvalue weighted by atomic mass is 79.9. The van der Waals surface area contributed by atoms with Crippen LogP contribution in [0.1, 0.15) is 11.1 Å². The molecule has 0 bridgehead atoms. The predicted octanol–water partition coefficient (Wildman–Crippen LogP) is 4.36. The lowest BCUT2D eigenvalue weighted by Crippen LogP contribution is -2.27. The Morgan fingerprint density at radius 3 is 2.62 bits per heavy atom. The largest absolute Gasteiger partial charge is 0.445 e. The summed E-state index contributed by atoms with van der Waals surface area (Å²) in [4.78, 5) is 13.4. The Bertz CT molecular complexity index is 619. The SMILES string of the molecule is CN(Cc1ccc(F)cc1Br)C(=O)OCc1ccccc1. The maximum absolute atomic E-state index is 13.0. The zero-order valence-electron chi connectivity index (χ0n) is 11.6. The lowest BCUT2D eigenvalue weighted by Gasteiger charge is -2.18. The Balaban J connectivity index is 1.90. The van der Waals surface area contributed by atoms with Crippen LogP contribution in [0.4, 0.5) is 9.18 Å². The highest BCUT2D eigenvalue weighted by Gasteiger charge is 2.12. The normalized spacial score (nSPS) is 10.2. The number of hydrogen-bond donors (Lipinski definition) is 0. The summed E-state index contributed by atoms with van der Waals surface area (Å²) < 4.78 is 18.9. The van der Waals surface area contributed by atoms with Crippen LogP contribution in [0.25, 0.3) is 0 Å². The van der Waals surface area contributed by atoms with Gasteiger partial charge in [-0.25, -0.2) is 9.18 Å². The fraction of sp³-hybridized carbons (Fsp3) is 0.188. The summed E-state index contributed by atoms with van der Waals surface area (Å²) in [5, 5.41) is 0. The molecule has 0 unspecified atom stereocenters. The van der Waals surface area contributed by atoms with Crippen LogP contribution in [-0.4, -0.2) is 18.0 Å². The Hall–Kier alpha value is -1.88. The molecule has 1 amide bonds. The van der Waals surface area contributed by atoms with Gasteiger partial charge < -0.3 is 9.64 Å². The van der Waals surface area contributed by atoms with Gasteiger partial charge in [-0.3, -0.25) is 0 Å². The minimum absolute atomic E-state index is 0.231. The van der Waals surface area contributed by atoms with E-state index in [4.69, 9.17) is 4.74 Å². The van der Waals surface area contributed by atoms with Crippen LogP contribution < -0.4 is 0 Å². The summed E-state index contributed by atoms with van der Waals surface area (Å²) in [5.41, 5.74) is 1.75. The first-order chi connectivity index (χ1) is 10.1. The molecule has 2 rings (SSSR count).